The zero-order valence-electron chi connectivity index (χ0n) is 12.8. The van der Waals surface area contributed by atoms with Crippen molar-refractivity contribution < 1.29 is 4.79 Å². The van der Waals surface area contributed by atoms with Crippen LogP contribution in [0.2, 0.25) is 5.02 Å². The van der Waals surface area contributed by atoms with Crippen LogP contribution >= 0.6 is 23.4 Å². The number of nitrogens with one attached hydrogen (secondary N) is 1. The fourth-order valence-electron chi connectivity index (χ4n) is 2.67. The van der Waals surface area contributed by atoms with E-state index in [1.54, 1.807) is 11.8 Å². The van der Waals surface area contributed by atoms with Crippen LogP contribution in [-0.2, 0) is 4.79 Å². The van der Waals surface area contributed by atoms with Crippen LogP contribution in [0.3, 0.4) is 0 Å². The van der Waals surface area contributed by atoms with Crippen LogP contribution in [-0.4, -0.2) is 34.9 Å². The van der Waals surface area contributed by atoms with Gasteiger partial charge in [0.05, 0.1) is 6.04 Å². The summed E-state index contributed by atoms with van der Waals surface area (Å²) in [7, 11) is 0. The molecule has 2 rings (SSSR count). The summed E-state index contributed by atoms with van der Waals surface area (Å²) in [4.78, 5) is 14.6. The Labute approximate surface area is 136 Å². The van der Waals surface area contributed by atoms with Gasteiger partial charge in [0, 0.05) is 16.8 Å². The molecular weight excluding hydrogens is 304 g/mol. The Morgan fingerprint density at radius 3 is 2.86 bits per heavy atom. The van der Waals surface area contributed by atoms with Gasteiger partial charge in [0.1, 0.15) is 6.17 Å². The van der Waals surface area contributed by atoms with Crippen LogP contribution < -0.4 is 5.32 Å². The Morgan fingerprint density at radius 2 is 2.24 bits per heavy atom. The van der Waals surface area contributed by atoms with E-state index < -0.39 is 0 Å². The maximum absolute atomic E-state index is 12.6. The summed E-state index contributed by atoms with van der Waals surface area (Å²) < 4.78 is 0. The Morgan fingerprint density at radius 1 is 1.48 bits per heavy atom. The van der Waals surface area contributed by atoms with Gasteiger partial charge in [-0.25, -0.2) is 0 Å². The number of nitrogens with zero attached hydrogens (tertiary/aromatic N) is 1. The van der Waals surface area contributed by atoms with E-state index in [0.717, 1.165) is 24.9 Å². The molecule has 1 aliphatic rings. The minimum atomic E-state index is -0.0759. The summed E-state index contributed by atoms with van der Waals surface area (Å²) in [6.45, 7) is 5.01. The van der Waals surface area contributed by atoms with Gasteiger partial charge in [-0.15, -0.1) is 0 Å². The van der Waals surface area contributed by atoms with Gasteiger partial charge in [-0.2, -0.15) is 11.8 Å². The molecule has 1 aromatic carbocycles. The number of benzene rings is 1. The van der Waals surface area contributed by atoms with E-state index in [4.69, 9.17) is 11.6 Å². The average molecular weight is 327 g/mol. The Hall–Kier alpha value is -0.710. The SMILES string of the molecule is CCCC1NC(c2cccc(Cl)c2)N(CC(C)SC)C1=O. The largest absolute Gasteiger partial charge is 0.320 e. The second-order valence-electron chi connectivity index (χ2n) is 5.50. The summed E-state index contributed by atoms with van der Waals surface area (Å²) in [6, 6.07) is 7.69. The second-order valence-corrected chi connectivity index (χ2v) is 7.21. The van der Waals surface area contributed by atoms with Gasteiger partial charge in [-0.1, -0.05) is 44.0 Å². The third-order valence-corrected chi connectivity index (χ3v) is 5.04. The summed E-state index contributed by atoms with van der Waals surface area (Å²) in [5.74, 6) is 0.211. The fourth-order valence-corrected chi connectivity index (χ4v) is 3.18. The van der Waals surface area contributed by atoms with Gasteiger partial charge in [-0.3, -0.25) is 10.1 Å². The van der Waals surface area contributed by atoms with Crippen molar-refractivity contribution in [3.63, 3.8) is 0 Å². The summed E-state index contributed by atoms with van der Waals surface area (Å²) in [6.07, 6.45) is 3.89. The van der Waals surface area contributed by atoms with E-state index in [-0.39, 0.29) is 18.1 Å². The van der Waals surface area contributed by atoms with Crippen molar-refractivity contribution in [2.75, 3.05) is 12.8 Å². The molecule has 1 aromatic rings. The minimum absolute atomic E-state index is 0.0673. The van der Waals surface area contributed by atoms with E-state index in [1.807, 2.05) is 29.2 Å². The van der Waals surface area contributed by atoms with Crippen molar-refractivity contribution >= 4 is 29.3 Å². The molecule has 3 atom stereocenters. The third kappa shape index (κ3) is 3.93. The molecule has 1 fully saturated rings. The summed E-state index contributed by atoms with van der Waals surface area (Å²) in [5, 5.41) is 4.59. The summed E-state index contributed by atoms with van der Waals surface area (Å²) >= 11 is 7.88. The molecule has 0 bridgehead atoms. The topological polar surface area (TPSA) is 32.3 Å². The number of carbonyl (C=O) groups is 1. The predicted molar refractivity (Wildman–Crippen MR) is 90.7 cm³/mol. The molecule has 116 valence electrons. The quantitative estimate of drug-likeness (QED) is 0.865. The molecule has 1 saturated heterocycles. The number of thioether (sulfide) groups is 1. The van der Waals surface area contributed by atoms with Crippen LogP contribution in [0.1, 0.15) is 38.4 Å². The molecule has 1 amide bonds. The number of hydrogen-bond acceptors (Lipinski definition) is 3. The first-order valence-corrected chi connectivity index (χ1v) is 9.08. The molecule has 0 aromatic heterocycles. The first kappa shape index (κ1) is 16.7. The first-order valence-electron chi connectivity index (χ1n) is 7.41. The normalized spacial score (nSPS) is 23.6. The number of carbonyl (C=O) groups excluding carboxylic acids is 1. The first-order chi connectivity index (χ1) is 10.1. The fraction of sp³-hybridized carbons (Fsp3) is 0.562. The van der Waals surface area contributed by atoms with E-state index in [1.165, 1.54) is 0 Å². The van der Waals surface area contributed by atoms with Gasteiger partial charge in [0.2, 0.25) is 5.91 Å². The lowest BCUT2D eigenvalue weighted by atomic mass is 10.1. The highest BCUT2D eigenvalue weighted by molar-refractivity contribution is 7.99. The van der Waals surface area contributed by atoms with Gasteiger partial charge >= 0.3 is 0 Å². The molecule has 3 unspecified atom stereocenters. The highest BCUT2D eigenvalue weighted by atomic mass is 35.5. The number of hydrogen-bond donors (Lipinski definition) is 1. The van der Waals surface area contributed by atoms with Crippen LogP contribution in [0.25, 0.3) is 0 Å². The van der Waals surface area contributed by atoms with E-state index in [9.17, 15) is 4.79 Å². The lowest BCUT2D eigenvalue weighted by molar-refractivity contribution is -0.130. The van der Waals surface area contributed by atoms with E-state index >= 15 is 0 Å². The molecule has 0 spiro atoms. The summed E-state index contributed by atoms with van der Waals surface area (Å²) in [5.41, 5.74) is 1.06. The highest BCUT2D eigenvalue weighted by Crippen LogP contribution is 2.29. The van der Waals surface area contributed by atoms with Crippen molar-refractivity contribution in [2.45, 2.75) is 44.1 Å². The average Bonchev–Trinajstić information content (AvgIpc) is 2.77. The standard InChI is InChI=1S/C16H23ClN2OS/c1-4-6-14-16(20)19(10-11(2)21-3)15(18-14)12-7-5-8-13(17)9-12/h5,7-9,11,14-15,18H,4,6,10H2,1-3H3. The lowest BCUT2D eigenvalue weighted by Crippen LogP contribution is -2.35. The zero-order valence-corrected chi connectivity index (χ0v) is 14.4. The lowest BCUT2D eigenvalue weighted by Gasteiger charge is -2.27. The van der Waals surface area contributed by atoms with Gasteiger partial charge < -0.3 is 4.90 Å². The maximum Gasteiger partial charge on any atom is 0.241 e. The van der Waals surface area contributed by atoms with Crippen molar-refractivity contribution in [2.24, 2.45) is 0 Å². The maximum atomic E-state index is 12.6. The molecule has 21 heavy (non-hydrogen) atoms. The molecule has 0 saturated carbocycles. The van der Waals surface area contributed by atoms with Crippen molar-refractivity contribution in [3.05, 3.63) is 34.9 Å². The monoisotopic (exact) mass is 326 g/mol. The molecule has 0 aliphatic carbocycles. The van der Waals surface area contributed by atoms with Gasteiger partial charge in [-0.05, 0) is 30.4 Å². The molecule has 0 radical (unpaired) electrons. The predicted octanol–water partition coefficient (Wildman–Crippen LogP) is 3.69. The third-order valence-electron chi connectivity index (χ3n) is 3.85. The highest BCUT2D eigenvalue weighted by Gasteiger charge is 2.39. The van der Waals surface area contributed by atoms with Crippen LogP contribution in [0.4, 0.5) is 0 Å². The van der Waals surface area contributed by atoms with Crippen LogP contribution in [0.15, 0.2) is 24.3 Å². The van der Waals surface area contributed by atoms with Gasteiger partial charge in [0.25, 0.3) is 0 Å². The molecule has 5 heteroatoms. The zero-order chi connectivity index (χ0) is 15.4. The Kier molecular flexibility index (Phi) is 5.97. The van der Waals surface area contributed by atoms with Crippen LogP contribution in [0, 0.1) is 0 Å². The molecule has 1 N–H and O–H groups in total. The number of rotatable bonds is 6. The van der Waals surface area contributed by atoms with Crippen LogP contribution in [0.5, 0.6) is 0 Å². The molecule has 1 aliphatic heterocycles. The Bertz CT molecular complexity index is 497. The second kappa shape index (κ2) is 7.52. The van der Waals surface area contributed by atoms with Crippen molar-refractivity contribution in [1.82, 2.24) is 10.2 Å². The van der Waals surface area contributed by atoms with Crippen molar-refractivity contribution in [3.8, 4) is 0 Å². The van der Waals surface area contributed by atoms with Gasteiger partial charge in [0.15, 0.2) is 0 Å². The van der Waals surface area contributed by atoms with E-state index in [2.05, 4.69) is 25.4 Å². The molecule has 3 nitrogen and oxygen atoms in total. The number of amides is 1. The number of halogens is 1. The Balaban J connectivity index is 2.25. The molecular formula is C16H23ClN2OS. The van der Waals surface area contributed by atoms with Crippen molar-refractivity contribution in [1.29, 1.82) is 0 Å². The smallest absolute Gasteiger partial charge is 0.241 e. The molecule has 1 heterocycles. The minimum Gasteiger partial charge on any atom is -0.320 e. The van der Waals surface area contributed by atoms with E-state index in [0.29, 0.717) is 10.3 Å².